The lowest BCUT2D eigenvalue weighted by molar-refractivity contribution is -0.126. The second-order valence-corrected chi connectivity index (χ2v) is 6.87. The van der Waals surface area contributed by atoms with Gasteiger partial charge in [0.1, 0.15) is 5.75 Å². The highest BCUT2D eigenvalue weighted by molar-refractivity contribution is 6.36. The Hall–Kier alpha value is -2.24. The van der Waals surface area contributed by atoms with Gasteiger partial charge in [-0.05, 0) is 24.3 Å². The SMILES string of the molecule is COc1ccccc1CNC(=O)C1CC(=O)N(c2ccc(Cl)cc2Cl)C1. The molecular formula is C19H18Cl2N2O3. The van der Waals surface area contributed by atoms with Crippen LogP contribution in [0.3, 0.4) is 0 Å². The van der Waals surface area contributed by atoms with Gasteiger partial charge in [-0.2, -0.15) is 0 Å². The number of carbonyl (C=O) groups is 2. The van der Waals surface area contributed by atoms with Gasteiger partial charge in [0.05, 0.1) is 23.7 Å². The molecule has 0 bridgehead atoms. The van der Waals surface area contributed by atoms with Gasteiger partial charge in [-0.15, -0.1) is 0 Å². The van der Waals surface area contributed by atoms with E-state index in [0.717, 1.165) is 5.56 Å². The Morgan fingerprint density at radius 2 is 2.04 bits per heavy atom. The molecule has 1 heterocycles. The summed E-state index contributed by atoms with van der Waals surface area (Å²) >= 11 is 12.1. The first-order valence-electron chi connectivity index (χ1n) is 8.14. The van der Waals surface area contributed by atoms with Crippen LogP contribution in [0.5, 0.6) is 5.75 Å². The highest BCUT2D eigenvalue weighted by Gasteiger charge is 2.35. The molecule has 0 spiro atoms. The predicted molar refractivity (Wildman–Crippen MR) is 102 cm³/mol. The molecule has 136 valence electrons. The van der Waals surface area contributed by atoms with E-state index in [-0.39, 0.29) is 24.8 Å². The molecule has 1 aliphatic heterocycles. The van der Waals surface area contributed by atoms with Crippen LogP contribution >= 0.6 is 23.2 Å². The first-order chi connectivity index (χ1) is 12.5. The maximum atomic E-state index is 12.5. The number of nitrogens with one attached hydrogen (secondary N) is 1. The minimum Gasteiger partial charge on any atom is -0.496 e. The van der Waals surface area contributed by atoms with Crippen LogP contribution in [0.4, 0.5) is 5.69 Å². The first-order valence-corrected chi connectivity index (χ1v) is 8.90. The minimum absolute atomic E-state index is 0.133. The van der Waals surface area contributed by atoms with Crippen LogP contribution in [0.25, 0.3) is 0 Å². The van der Waals surface area contributed by atoms with E-state index < -0.39 is 5.92 Å². The molecular weight excluding hydrogens is 375 g/mol. The zero-order valence-corrected chi connectivity index (χ0v) is 15.7. The summed E-state index contributed by atoms with van der Waals surface area (Å²) in [6.45, 7) is 0.632. The van der Waals surface area contributed by atoms with E-state index in [1.807, 2.05) is 24.3 Å². The Bertz CT molecular complexity index is 841. The molecule has 3 rings (SSSR count). The Balaban J connectivity index is 1.65. The van der Waals surface area contributed by atoms with Crippen LogP contribution in [0.1, 0.15) is 12.0 Å². The van der Waals surface area contributed by atoms with Gasteiger partial charge in [0.15, 0.2) is 0 Å². The van der Waals surface area contributed by atoms with Crippen molar-refractivity contribution in [2.45, 2.75) is 13.0 Å². The maximum absolute atomic E-state index is 12.5. The number of benzene rings is 2. The molecule has 2 amide bonds. The van der Waals surface area contributed by atoms with Crippen molar-refractivity contribution in [2.75, 3.05) is 18.6 Å². The van der Waals surface area contributed by atoms with Crippen LogP contribution in [-0.2, 0) is 16.1 Å². The Kier molecular flexibility index (Phi) is 5.69. The summed E-state index contributed by atoms with van der Waals surface area (Å²) < 4.78 is 5.28. The zero-order chi connectivity index (χ0) is 18.7. The summed E-state index contributed by atoms with van der Waals surface area (Å²) in [5.74, 6) is -0.0164. The number of hydrogen-bond donors (Lipinski definition) is 1. The van der Waals surface area contributed by atoms with Gasteiger partial charge in [-0.1, -0.05) is 41.4 Å². The van der Waals surface area contributed by atoms with Crippen molar-refractivity contribution in [1.29, 1.82) is 0 Å². The number of carbonyl (C=O) groups excluding carboxylic acids is 2. The van der Waals surface area contributed by atoms with Crippen molar-refractivity contribution in [3.8, 4) is 5.75 Å². The second kappa shape index (κ2) is 7.98. The van der Waals surface area contributed by atoms with Crippen molar-refractivity contribution in [1.82, 2.24) is 5.32 Å². The fraction of sp³-hybridized carbons (Fsp3) is 0.263. The number of hydrogen-bond acceptors (Lipinski definition) is 3. The Morgan fingerprint density at radius 1 is 1.27 bits per heavy atom. The van der Waals surface area contributed by atoms with Gasteiger partial charge >= 0.3 is 0 Å². The van der Waals surface area contributed by atoms with E-state index in [4.69, 9.17) is 27.9 Å². The van der Waals surface area contributed by atoms with Crippen LogP contribution in [0.15, 0.2) is 42.5 Å². The third-order valence-corrected chi connectivity index (χ3v) is 4.88. The highest BCUT2D eigenvalue weighted by Crippen LogP contribution is 2.33. The molecule has 5 nitrogen and oxygen atoms in total. The summed E-state index contributed by atoms with van der Waals surface area (Å²) in [5, 5.41) is 3.77. The number of ether oxygens (including phenoxy) is 1. The van der Waals surface area contributed by atoms with E-state index in [2.05, 4.69) is 5.32 Å². The van der Waals surface area contributed by atoms with Crippen molar-refractivity contribution in [3.05, 3.63) is 58.1 Å². The summed E-state index contributed by atoms with van der Waals surface area (Å²) in [6.07, 6.45) is 0.150. The molecule has 2 aromatic rings. The summed E-state index contributed by atoms with van der Waals surface area (Å²) in [6, 6.07) is 12.4. The van der Waals surface area contributed by atoms with Crippen LogP contribution < -0.4 is 15.0 Å². The van der Waals surface area contributed by atoms with Crippen molar-refractivity contribution < 1.29 is 14.3 Å². The first kappa shape index (κ1) is 18.5. The molecule has 1 aliphatic rings. The zero-order valence-electron chi connectivity index (χ0n) is 14.2. The quantitative estimate of drug-likeness (QED) is 0.844. The molecule has 7 heteroatoms. The van der Waals surface area contributed by atoms with E-state index in [1.165, 1.54) is 4.90 Å². The largest absolute Gasteiger partial charge is 0.496 e. The lowest BCUT2D eigenvalue weighted by Gasteiger charge is -2.18. The van der Waals surface area contributed by atoms with Gasteiger partial charge in [0, 0.05) is 30.1 Å². The average molecular weight is 393 g/mol. The Morgan fingerprint density at radius 3 is 2.77 bits per heavy atom. The van der Waals surface area contributed by atoms with E-state index >= 15 is 0 Å². The van der Waals surface area contributed by atoms with Gasteiger partial charge in [0.25, 0.3) is 0 Å². The monoisotopic (exact) mass is 392 g/mol. The Labute approximate surface area is 161 Å². The molecule has 1 atom stereocenters. The molecule has 0 aliphatic carbocycles. The lowest BCUT2D eigenvalue weighted by Crippen LogP contribution is -2.32. The smallest absolute Gasteiger partial charge is 0.227 e. The summed E-state index contributed by atoms with van der Waals surface area (Å²) in [4.78, 5) is 26.4. The molecule has 1 N–H and O–H groups in total. The number of amides is 2. The molecule has 0 radical (unpaired) electrons. The number of para-hydroxylation sites is 1. The normalized spacial score (nSPS) is 16.7. The van der Waals surface area contributed by atoms with E-state index in [1.54, 1.807) is 25.3 Å². The minimum atomic E-state index is -0.427. The van der Waals surface area contributed by atoms with Gasteiger partial charge in [-0.3, -0.25) is 9.59 Å². The predicted octanol–water partition coefficient (Wildman–Crippen LogP) is 3.67. The molecule has 1 saturated heterocycles. The van der Waals surface area contributed by atoms with E-state index in [9.17, 15) is 9.59 Å². The lowest BCUT2D eigenvalue weighted by atomic mass is 10.1. The summed E-state index contributed by atoms with van der Waals surface area (Å²) in [5.41, 5.74) is 1.45. The second-order valence-electron chi connectivity index (χ2n) is 6.03. The standard InChI is InChI=1S/C19H18Cl2N2O3/c1-26-17-5-3-2-4-12(17)10-22-19(25)13-8-18(24)23(11-13)16-7-6-14(20)9-15(16)21/h2-7,9,13H,8,10-11H2,1H3,(H,22,25). The van der Waals surface area contributed by atoms with E-state index in [0.29, 0.717) is 28.0 Å². The highest BCUT2D eigenvalue weighted by atomic mass is 35.5. The topological polar surface area (TPSA) is 58.6 Å². The fourth-order valence-corrected chi connectivity index (χ4v) is 3.50. The fourth-order valence-electron chi connectivity index (χ4n) is 2.99. The van der Waals surface area contributed by atoms with Crippen molar-refractivity contribution in [2.24, 2.45) is 5.92 Å². The van der Waals surface area contributed by atoms with Crippen LogP contribution in [0, 0.1) is 5.92 Å². The third kappa shape index (κ3) is 3.94. The van der Waals surface area contributed by atoms with Crippen LogP contribution in [0.2, 0.25) is 10.0 Å². The number of rotatable bonds is 5. The van der Waals surface area contributed by atoms with Gasteiger partial charge in [-0.25, -0.2) is 0 Å². The summed E-state index contributed by atoms with van der Waals surface area (Å²) in [7, 11) is 1.59. The molecule has 1 unspecified atom stereocenters. The molecule has 2 aromatic carbocycles. The maximum Gasteiger partial charge on any atom is 0.227 e. The van der Waals surface area contributed by atoms with Crippen molar-refractivity contribution >= 4 is 40.7 Å². The number of halogens is 2. The van der Waals surface area contributed by atoms with Crippen LogP contribution in [-0.4, -0.2) is 25.5 Å². The molecule has 0 aromatic heterocycles. The van der Waals surface area contributed by atoms with Gasteiger partial charge < -0.3 is 15.0 Å². The van der Waals surface area contributed by atoms with Crippen molar-refractivity contribution in [3.63, 3.8) is 0 Å². The average Bonchev–Trinajstić information content (AvgIpc) is 3.01. The molecule has 26 heavy (non-hydrogen) atoms. The molecule has 0 saturated carbocycles. The molecule has 1 fully saturated rings. The third-order valence-electron chi connectivity index (χ3n) is 4.34. The number of anilines is 1. The number of nitrogens with zero attached hydrogens (tertiary/aromatic N) is 1. The van der Waals surface area contributed by atoms with Gasteiger partial charge in [0.2, 0.25) is 11.8 Å². The number of methoxy groups -OCH3 is 1.